The minimum Gasteiger partial charge on any atom is -0.396 e. The topological polar surface area (TPSA) is 69.6 Å². The van der Waals surface area contributed by atoms with Gasteiger partial charge in [0.2, 0.25) is 5.91 Å². The van der Waals surface area contributed by atoms with Crippen LogP contribution in [0.4, 0.5) is 10.5 Å². The monoisotopic (exact) mass is 272 g/mol. The van der Waals surface area contributed by atoms with Crippen molar-refractivity contribution in [3.63, 3.8) is 0 Å². The lowest BCUT2D eigenvalue weighted by atomic mass is 10.1. The van der Waals surface area contributed by atoms with Crippen molar-refractivity contribution in [1.29, 1.82) is 0 Å². The van der Waals surface area contributed by atoms with Crippen LogP contribution in [0.5, 0.6) is 0 Å². The maximum Gasteiger partial charge on any atom is 0.328 e. The van der Waals surface area contributed by atoms with E-state index in [2.05, 4.69) is 17.2 Å². The minimum atomic E-state index is -0.386. The Morgan fingerprint density at radius 2 is 2.00 bits per heavy atom. The zero-order valence-corrected chi connectivity index (χ0v) is 11.1. The molecule has 2 N–H and O–H groups in total. The van der Waals surface area contributed by atoms with Gasteiger partial charge in [-0.05, 0) is 30.7 Å². The van der Waals surface area contributed by atoms with Crippen LogP contribution in [0.2, 0.25) is 0 Å². The van der Waals surface area contributed by atoms with Gasteiger partial charge in [0.25, 0.3) is 0 Å². The highest BCUT2D eigenvalue weighted by molar-refractivity contribution is 6.05. The van der Waals surface area contributed by atoms with Crippen LogP contribution < -0.4 is 10.2 Å². The lowest BCUT2D eigenvalue weighted by Crippen LogP contribution is -2.49. The molecule has 0 radical (unpaired) electrons. The second-order valence-electron chi connectivity index (χ2n) is 4.43. The lowest BCUT2D eigenvalue weighted by molar-refractivity contribution is -0.120. The van der Waals surface area contributed by atoms with Crippen LogP contribution >= 0.6 is 0 Å². The average molecular weight is 272 g/mol. The zero-order valence-electron chi connectivity index (χ0n) is 11.1. The summed E-state index contributed by atoms with van der Waals surface area (Å²) in [6, 6.07) is 6.91. The molecule has 0 bridgehead atoms. The molecule has 1 heterocycles. The number of rotatable bonds is 3. The summed E-state index contributed by atoms with van der Waals surface area (Å²) in [5, 5.41) is 10.9. The lowest BCUT2D eigenvalue weighted by Gasteiger charge is -2.26. The van der Waals surface area contributed by atoms with Crippen molar-refractivity contribution in [2.75, 3.05) is 18.1 Å². The summed E-state index contributed by atoms with van der Waals surface area (Å²) in [6.45, 7) is 0.544. The SMILES string of the molecule is O=C1CCN(c2ccc(C#CCCCO)cc2)C(=O)N1. The van der Waals surface area contributed by atoms with Crippen LogP contribution in [0.1, 0.15) is 24.8 Å². The van der Waals surface area contributed by atoms with E-state index in [0.29, 0.717) is 25.8 Å². The maximum atomic E-state index is 11.7. The van der Waals surface area contributed by atoms with Gasteiger partial charge in [-0.1, -0.05) is 11.8 Å². The van der Waals surface area contributed by atoms with Crippen molar-refractivity contribution in [1.82, 2.24) is 5.32 Å². The van der Waals surface area contributed by atoms with Gasteiger partial charge in [-0.3, -0.25) is 15.0 Å². The molecule has 0 saturated carbocycles. The van der Waals surface area contributed by atoms with Crippen molar-refractivity contribution in [3.05, 3.63) is 29.8 Å². The van der Waals surface area contributed by atoms with Crippen LogP contribution in [-0.2, 0) is 4.79 Å². The number of nitrogens with zero attached hydrogens (tertiary/aromatic N) is 1. The first kappa shape index (κ1) is 14.1. The van der Waals surface area contributed by atoms with E-state index in [1.165, 1.54) is 4.90 Å². The highest BCUT2D eigenvalue weighted by Crippen LogP contribution is 2.17. The molecule has 2 rings (SSSR count). The summed E-state index contributed by atoms with van der Waals surface area (Å²) in [5.74, 6) is 5.72. The molecule has 1 aromatic carbocycles. The Hall–Kier alpha value is -2.32. The quantitative estimate of drug-likeness (QED) is 0.643. The van der Waals surface area contributed by atoms with E-state index in [1.807, 2.05) is 24.3 Å². The number of benzene rings is 1. The highest BCUT2D eigenvalue weighted by atomic mass is 16.3. The van der Waals surface area contributed by atoms with E-state index in [0.717, 1.165) is 11.3 Å². The molecule has 1 saturated heterocycles. The fourth-order valence-corrected chi connectivity index (χ4v) is 1.87. The summed E-state index contributed by atoms with van der Waals surface area (Å²) in [4.78, 5) is 24.3. The van der Waals surface area contributed by atoms with Gasteiger partial charge in [-0.25, -0.2) is 4.79 Å². The number of amides is 3. The van der Waals surface area contributed by atoms with Crippen molar-refractivity contribution in [2.45, 2.75) is 19.3 Å². The third kappa shape index (κ3) is 3.59. The Bertz CT molecular complexity index is 555. The number of urea groups is 1. The normalized spacial score (nSPS) is 14.6. The standard InChI is InChI=1S/C15H16N2O3/c18-11-3-1-2-4-12-5-7-13(8-6-12)17-10-9-14(19)16-15(17)20/h5-8,18H,1,3,9-11H2,(H,16,19,20). The van der Waals surface area contributed by atoms with E-state index < -0.39 is 0 Å². The molecule has 5 nitrogen and oxygen atoms in total. The first-order valence-electron chi connectivity index (χ1n) is 6.52. The Morgan fingerprint density at radius 1 is 1.25 bits per heavy atom. The van der Waals surface area contributed by atoms with Gasteiger partial charge in [0.15, 0.2) is 0 Å². The predicted octanol–water partition coefficient (Wildman–Crippen LogP) is 1.26. The van der Waals surface area contributed by atoms with Gasteiger partial charge < -0.3 is 5.11 Å². The second kappa shape index (κ2) is 6.73. The van der Waals surface area contributed by atoms with E-state index >= 15 is 0 Å². The van der Waals surface area contributed by atoms with E-state index in [1.54, 1.807) is 0 Å². The number of nitrogens with one attached hydrogen (secondary N) is 1. The number of hydrogen-bond donors (Lipinski definition) is 2. The average Bonchev–Trinajstić information content (AvgIpc) is 2.45. The maximum absolute atomic E-state index is 11.7. The third-order valence-corrected chi connectivity index (χ3v) is 2.93. The third-order valence-electron chi connectivity index (χ3n) is 2.93. The summed E-state index contributed by atoms with van der Waals surface area (Å²) in [7, 11) is 0. The minimum absolute atomic E-state index is 0.149. The summed E-state index contributed by atoms with van der Waals surface area (Å²) < 4.78 is 0. The molecule has 1 fully saturated rings. The van der Waals surface area contributed by atoms with Gasteiger partial charge in [0.05, 0.1) is 0 Å². The molecule has 0 atom stereocenters. The summed E-state index contributed by atoms with van der Waals surface area (Å²) >= 11 is 0. The molecular formula is C15H16N2O3. The molecule has 104 valence electrons. The number of aliphatic hydroxyl groups is 1. The smallest absolute Gasteiger partial charge is 0.328 e. The summed E-state index contributed by atoms with van der Waals surface area (Å²) in [6.07, 6.45) is 1.65. The Morgan fingerprint density at radius 3 is 2.65 bits per heavy atom. The first-order chi connectivity index (χ1) is 9.70. The van der Waals surface area contributed by atoms with Gasteiger partial charge in [0.1, 0.15) is 0 Å². The number of imide groups is 1. The van der Waals surface area contributed by atoms with Crippen LogP contribution in [0.15, 0.2) is 24.3 Å². The van der Waals surface area contributed by atoms with Crippen molar-refractivity contribution in [3.8, 4) is 11.8 Å². The molecular weight excluding hydrogens is 256 g/mol. The number of carbonyl (C=O) groups is 2. The summed E-state index contributed by atoms with van der Waals surface area (Å²) in [5.41, 5.74) is 1.61. The van der Waals surface area contributed by atoms with E-state index in [-0.39, 0.29) is 18.5 Å². The van der Waals surface area contributed by atoms with Crippen molar-refractivity contribution >= 4 is 17.6 Å². The number of hydrogen-bond acceptors (Lipinski definition) is 3. The number of carbonyl (C=O) groups excluding carboxylic acids is 2. The molecule has 0 aliphatic carbocycles. The van der Waals surface area contributed by atoms with Crippen LogP contribution in [0.3, 0.4) is 0 Å². The molecule has 1 aromatic rings. The van der Waals surface area contributed by atoms with Crippen LogP contribution in [-0.4, -0.2) is 30.2 Å². The van der Waals surface area contributed by atoms with Crippen LogP contribution in [0, 0.1) is 11.8 Å². The van der Waals surface area contributed by atoms with Gasteiger partial charge >= 0.3 is 6.03 Å². The Labute approximate surface area is 117 Å². The molecule has 3 amide bonds. The molecule has 0 aromatic heterocycles. The fraction of sp³-hybridized carbons (Fsp3) is 0.333. The van der Waals surface area contributed by atoms with E-state index in [9.17, 15) is 9.59 Å². The van der Waals surface area contributed by atoms with Crippen molar-refractivity contribution < 1.29 is 14.7 Å². The second-order valence-corrected chi connectivity index (χ2v) is 4.43. The highest BCUT2D eigenvalue weighted by Gasteiger charge is 2.23. The Balaban J connectivity index is 2.02. The molecule has 0 spiro atoms. The molecule has 5 heteroatoms. The Kier molecular flexibility index (Phi) is 4.75. The van der Waals surface area contributed by atoms with Gasteiger partial charge in [-0.15, -0.1) is 0 Å². The molecule has 1 aliphatic rings. The first-order valence-corrected chi connectivity index (χ1v) is 6.52. The molecule has 1 aliphatic heterocycles. The van der Waals surface area contributed by atoms with Gasteiger partial charge in [-0.2, -0.15) is 0 Å². The number of unbranched alkanes of at least 4 members (excludes halogenated alkanes) is 1. The number of aliphatic hydroxyl groups excluding tert-OH is 1. The van der Waals surface area contributed by atoms with Crippen LogP contribution in [0.25, 0.3) is 0 Å². The number of anilines is 1. The predicted molar refractivity (Wildman–Crippen MR) is 75.1 cm³/mol. The zero-order chi connectivity index (χ0) is 14.4. The van der Waals surface area contributed by atoms with Crippen molar-refractivity contribution in [2.24, 2.45) is 0 Å². The molecule has 20 heavy (non-hydrogen) atoms. The van der Waals surface area contributed by atoms with Gasteiger partial charge in [0, 0.05) is 37.2 Å². The molecule has 0 unspecified atom stereocenters. The fourth-order valence-electron chi connectivity index (χ4n) is 1.87. The van der Waals surface area contributed by atoms with E-state index in [4.69, 9.17) is 5.11 Å². The largest absolute Gasteiger partial charge is 0.396 e.